The lowest BCUT2D eigenvalue weighted by molar-refractivity contribution is -0.129. The van der Waals surface area contributed by atoms with Crippen LogP contribution in [0.3, 0.4) is 0 Å². The van der Waals surface area contributed by atoms with Gasteiger partial charge >= 0.3 is 5.97 Å². The van der Waals surface area contributed by atoms with Crippen molar-refractivity contribution in [3.8, 4) is 11.4 Å². The standard InChI is InChI=1S/C23H22N6O4S/c1-11-17(20(30)31)34-22(25-11)28-21(32)23(3)9-15(10-23)27-19-16-8-14(18-26-12(2)33-29-18)5-4-13(16)6-7-24-19/h4-8,15H,9-10H2,1-3H3,(H,24,27)(H,30,31)(H,25,28,32). The number of pyridine rings is 1. The molecule has 0 spiro atoms. The molecule has 3 N–H and O–H groups in total. The van der Waals surface area contributed by atoms with Gasteiger partial charge in [0.15, 0.2) is 5.13 Å². The highest BCUT2D eigenvalue weighted by molar-refractivity contribution is 7.17. The first-order chi connectivity index (χ1) is 16.2. The summed E-state index contributed by atoms with van der Waals surface area (Å²) in [5.41, 5.74) is 0.639. The lowest BCUT2D eigenvalue weighted by Crippen LogP contribution is -2.50. The summed E-state index contributed by atoms with van der Waals surface area (Å²) in [7, 11) is 0. The SMILES string of the molecule is Cc1nc(-c2ccc3ccnc(NC4CC(C)(C(=O)Nc5nc(C)c(C(=O)O)s5)C4)c3c2)no1. The van der Waals surface area contributed by atoms with Crippen LogP contribution in [0.15, 0.2) is 35.0 Å². The molecule has 3 heterocycles. The summed E-state index contributed by atoms with van der Waals surface area (Å²) < 4.78 is 5.10. The van der Waals surface area contributed by atoms with Crippen molar-refractivity contribution in [1.29, 1.82) is 0 Å². The van der Waals surface area contributed by atoms with E-state index in [4.69, 9.17) is 4.52 Å². The van der Waals surface area contributed by atoms with Crippen molar-refractivity contribution < 1.29 is 19.2 Å². The molecule has 4 aromatic rings. The Labute approximate surface area is 198 Å². The van der Waals surface area contributed by atoms with Gasteiger partial charge in [0.05, 0.1) is 11.1 Å². The van der Waals surface area contributed by atoms with Crippen LogP contribution in [0.25, 0.3) is 22.2 Å². The maximum absolute atomic E-state index is 12.9. The first kappa shape index (κ1) is 22.0. The van der Waals surface area contributed by atoms with E-state index in [0.717, 1.165) is 33.5 Å². The number of carbonyl (C=O) groups excluding carboxylic acids is 1. The van der Waals surface area contributed by atoms with Crippen LogP contribution in [0.5, 0.6) is 0 Å². The normalized spacial score (nSPS) is 19.6. The highest BCUT2D eigenvalue weighted by atomic mass is 32.1. The third kappa shape index (κ3) is 3.98. The second-order valence-electron chi connectivity index (χ2n) is 8.74. The molecule has 0 radical (unpaired) electrons. The zero-order valence-corrected chi connectivity index (χ0v) is 19.6. The van der Waals surface area contributed by atoms with Gasteiger partial charge in [-0.1, -0.05) is 35.5 Å². The fourth-order valence-electron chi connectivity index (χ4n) is 4.24. The summed E-state index contributed by atoms with van der Waals surface area (Å²) in [6.07, 6.45) is 2.96. The fourth-order valence-corrected chi connectivity index (χ4v) is 5.04. The van der Waals surface area contributed by atoms with Gasteiger partial charge < -0.3 is 20.3 Å². The average Bonchev–Trinajstić information content (AvgIpc) is 3.37. The van der Waals surface area contributed by atoms with Crippen LogP contribution in [0.2, 0.25) is 0 Å². The van der Waals surface area contributed by atoms with E-state index in [9.17, 15) is 14.7 Å². The quantitative estimate of drug-likeness (QED) is 0.370. The maximum atomic E-state index is 12.9. The van der Waals surface area contributed by atoms with Crippen molar-refractivity contribution in [3.05, 3.63) is 46.9 Å². The number of amides is 1. The van der Waals surface area contributed by atoms with Gasteiger partial charge in [0.2, 0.25) is 17.6 Å². The predicted octanol–water partition coefficient (Wildman–Crippen LogP) is 4.28. The average molecular weight is 479 g/mol. The number of aryl methyl sites for hydroxylation is 2. The number of hydrogen-bond acceptors (Lipinski definition) is 9. The Bertz CT molecular complexity index is 1420. The number of anilines is 2. The van der Waals surface area contributed by atoms with Gasteiger partial charge in [-0.15, -0.1) is 0 Å². The molecule has 10 nitrogen and oxygen atoms in total. The monoisotopic (exact) mass is 478 g/mol. The highest BCUT2D eigenvalue weighted by Gasteiger charge is 2.46. The van der Waals surface area contributed by atoms with E-state index in [2.05, 4.69) is 30.7 Å². The molecule has 1 aromatic carbocycles. The fraction of sp³-hybridized carbons (Fsp3) is 0.304. The molecular weight excluding hydrogens is 456 g/mol. The van der Waals surface area contributed by atoms with E-state index in [0.29, 0.717) is 35.4 Å². The van der Waals surface area contributed by atoms with Crippen molar-refractivity contribution >= 4 is 44.9 Å². The molecule has 11 heteroatoms. The van der Waals surface area contributed by atoms with Crippen molar-refractivity contribution in [3.63, 3.8) is 0 Å². The second-order valence-corrected chi connectivity index (χ2v) is 9.73. The van der Waals surface area contributed by atoms with Crippen LogP contribution >= 0.6 is 11.3 Å². The number of nitrogens with one attached hydrogen (secondary N) is 2. The Morgan fingerprint density at radius 2 is 2.00 bits per heavy atom. The Morgan fingerprint density at radius 1 is 1.21 bits per heavy atom. The molecule has 0 aliphatic heterocycles. The van der Waals surface area contributed by atoms with Gasteiger partial charge in [-0.05, 0) is 37.3 Å². The minimum atomic E-state index is -1.05. The van der Waals surface area contributed by atoms with Crippen LogP contribution in [0.4, 0.5) is 10.9 Å². The summed E-state index contributed by atoms with van der Waals surface area (Å²) in [4.78, 5) is 37.2. The van der Waals surface area contributed by atoms with Crippen molar-refractivity contribution in [2.45, 2.75) is 39.7 Å². The largest absolute Gasteiger partial charge is 0.477 e. The van der Waals surface area contributed by atoms with E-state index >= 15 is 0 Å². The number of nitrogens with zero attached hydrogens (tertiary/aromatic N) is 4. The summed E-state index contributed by atoms with van der Waals surface area (Å²) >= 11 is 0.967. The molecule has 1 aliphatic rings. The number of aromatic carboxylic acids is 1. The summed E-state index contributed by atoms with van der Waals surface area (Å²) in [6, 6.07) is 7.91. The zero-order valence-electron chi connectivity index (χ0n) is 18.7. The molecule has 0 atom stereocenters. The van der Waals surface area contributed by atoms with Gasteiger partial charge in [-0.2, -0.15) is 4.98 Å². The third-order valence-electron chi connectivity index (χ3n) is 6.05. The van der Waals surface area contributed by atoms with Crippen molar-refractivity contribution in [1.82, 2.24) is 20.1 Å². The lowest BCUT2D eigenvalue weighted by atomic mass is 9.66. The minimum absolute atomic E-state index is 0.0672. The summed E-state index contributed by atoms with van der Waals surface area (Å²) in [6.45, 7) is 5.26. The molecule has 3 aromatic heterocycles. The van der Waals surface area contributed by atoms with Crippen LogP contribution in [0.1, 0.15) is 41.0 Å². The number of thiazole rings is 1. The van der Waals surface area contributed by atoms with Crippen molar-refractivity contribution in [2.75, 3.05) is 10.6 Å². The number of rotatable bonds is 6. The number of carbonyl (C=O) groups is 2. The Balaban J connectivity index is 1.29. The van der Waals surface area contributed by atoms with E-state index in [-0.39, 0.29) is 16.8 Å². The first-order valence-corrected chi connectivity index (χ1v) is 11.5. The maximum Gasteiger partial charge on any atom is 0.347 e. The molecule has 0 saturated heterocycles. The Hall–Kier alpha value is -3.86. The molecule has 174 valence electrons. The highest BCUT2D eigenvalue weighted by Crippen LogP contribution is 2.44. The predicted molar refractivity (Wildman–Crippen MR) is 127 cm³/mol. The van der Waals surface area contributed by atoms with Gasteiger partial charge in [0.25, 0.3) is 0 Å². The lowest BCUT2D eigenvalue weighted by Gasteiger charge is -2.44. The van der Waals surface area contributed by atoms with Crippen LogP contribution in [-0.2, 0) is 4.79 Å². The molecule has 0 unspecified atom stereocenters. The second kappa shape index (κ2) is 8.17. The molecular formula is C23H22N6O4S. The summed E-state index contributed by atoms with van der Waals surface area (Å²) in [5, 5.41) is 21.7. The molecule has 34 heavy (non-hydrogen) atoms. The number of carboxylic acid groups (broad SMARTS) is 1. The van der Waals surface area contributed by atoms with Crippen LogP contribution in [-0.4, -0.2) is 43.1 Å². The number of fused-ring (bicyclic) bond motifs is 1. The molecule has 1 aliphatic carbocycles. The van der Waals surface area contributed by atoms with Crippen LogP contribution in [0, 0.1) is 19.3 Å². The first-order valence-electron chi connectivity index (χ1n) is 10.7. The molecule has 5 rings (SSSR count). The Morgan fingerprint density at radius 3 is 2.68 bits per heavy atom. The minimum Gasteiger partial charge on any atom is -0.477 e. The molecule has 0 bridgehead atoms. The smallest absolute Gasteiger partial charge is 0.347 e. The van der Waals surface area contributed by atoms with Gasteiger partial charge in [-0.3, -0.25) is 4.79 Å². The number of benzene rings is 1. The molecule has 1 fully saturated rings. The number of aromatic nitrogens is 4. The topological polar surface area (TPSA) is 143 Å². The van der Waals surface area contributed by atoms with E-state index in [1.165, 1.54) is 0 Å². The van der Waals surface area contributed by atoms with Gasteiger partial charge in [-0.25, -0.2) is 14.8 Å². The van der Waals surface area contributed by atoms with E-state index in [1.54, 1.807) is 20.0 Å². The van der Waals surface area contributed by atoms with Gasteiger partial charge in [0, 0.05) is 30.1 Å². The van der Waals surface area contributed by atoms with Crippen molar-refractivity contribution in [2.24, 2.45) is 5.41 Å². The zero-order chi connectivity index (χ0) is 24.0. The number of carboxylic acids is 1. The molecule has 1 amide bonds. The summed E-state index contributed by atoms with van der Waals surface area (Å²) in [5.74, 6) is 0.532. The third-order valence-corrected chi connectivity index (χ3v) is 7.11. The Kier molecular flexibility index (Phi) is 5.28. The van der Waals surface area contributed by atoms with E-state index < -0.39 is 11.4 Å². The van der Waals surface area contributed by atoms with Gasteiger partial charge in [0.1, 0.15) is 10.7 Å². The van der Waals surface area contributed by atoms with Crippen LogP contribution < -0.4 is 10.6 Å². The van der Waals surface area contributed by atoms with E-state index in [1.807, 2.05) is 31.2 Å². The molecule has 1 saturated carbocycles. The number of hydrogen-bond donors (Lipinski definition) is 3.